The van der Waals surface area contributed by atoms with Gasteiger partial charge in [-0.25, -0.2) is 0 Å². The molecule has 0 spiro atoms. The lowest BCUT2D eigenvalue weighted by Gasteiger charge is -2.13. The van der Waals surface area contributed by atoms with E-state index in [2.05, 4.69) is 39.3 Å². The molecule has 0 aromatic heterocycles. The third kappa shape index (κ3) is 4.62. The van der Waals surface area contributed by atoms with E-state index < -0.39 is 0 Å². The fraction of sp³-hybridized carbons (Fsp3) is 0.235. The molecule has 0 heterocycles. The molecule has 0 radical (unpaired) electrons. The Bertz CT molecular complexity index is 659. The summed E-state index contributed by atoms with van der Waals surface area (Å²) < 4.78 is 6.67. The average molecular weight is 410 g/mol. The van der Waals surface area contributed by atoms with Crippen molar-refractivity contribution in [2.45, 2.75) is 13.8 Å². The summed E-state index contributed by atoms with van der Waals surface area (Å²) in [5, 5.41) is 6.02. The molecule has 1 amide bonds. The van der Waals surface area contributed by atoms with Gasteiger partial charge in [-0.2, -0.15) is 0 Å². The minimum Gasteiger partial charge on any atom is -0.492 e. The van der Waals surface area contributed by atoms with Crippen LogP contribution in [0.4, 0.5) is 11.4 Å². The van der Waals surface area contributed by atoms with Crippen molar-refractivity contribution < 1.29 is 9.53 Å². The molecule has 5 heteroatoms. The monoisotopic (exact) mass is 410 g/mol. The maximum Gasteiger partial charge on any atom is 0.243 e. The zero-order valence-corrected chi connectivity index (χ0v) is 14.8. The summed E-state index contributed by atoms with van der Waals surface area (Å²) in [6.07, 6.45) is 0. The lowest BCUT2D eigenvalue weighted by molar-refractivity contribution is -0.114. The number of carbonyl (C=O) groups is 1. The Labute approximate surface area is 144 Å². The van der Waals surface area contributed by atoms with Crippen LogP contribution in [0.5, 0.6) is 5.75 Å². The minimum atomic E-state index is -0.106. The Morgan fingerprint density at radius 2 is 1.95 bits per heavy atom. The molecule has 2 aromatic rings. The van der Waals surface area contributed by atoms with Crippen LogP contribution in [0.15, 0.2) is 42.5 Å². The molecule has 0 aliphatic rings. The van der Waals surface area contributed by atoms with Gasteiger partial charge in [0.15, 0.2) is 0 Å². The van der Waals surface area contributed by atoms with Crippen molar-refractivity contribution in [2.24, 2.45) is 0 Å². The van der Waals surface area contributed by atoms with Gasteiger partial charge in [0.2, 0.25) is 5.91 Å². The van der Waals surface area contributed by atoms with Gasteiger partial charge in [0.05, 0.1) is 18.8 Å². The Kier molecular flexibility index (Phi) is 6.06. The predicted molar refractivity (Wildman–Crippen MR) is 98.6 cm³/mol. The van der Waals surface area contributed by atoms with Crippen LogP contribution in [0.2, 0.25) is 0 Å². The van der Waals surface area contributed by atoms with E-state index in [4.69, 9.17) is 4.74 Å². The molecule has 22 heavy (non-hydrogen) atoms. The molecule has 2 aromatic carbocycles. The second-order valence-corrected chi connectivity index (χ2v) is 6.04. The minimum absolute atomic E-state index is 0.106. The molecule has 2 N–H and O–H groups in total. The van der Waals surface area contributed by atoms with Crippen molar-refractivity contribution in [2.75, 3.05) is 23.8 Å². The van der Waals surface area contributed by atoms with E-state index in [0.29, 0.717) is 18.0 Å². The number of nitrogens with one attached hydrogen (secondary N) is 2. The van der Waals surface area contributed by atoms with E-state index in [1.165, 1.54) is 3.57 Å². The second-order valence-electron chi connectivity index (χ2n) is 4.79. The Balaban J connectivity index is 1.96. The van der Waals surface area contributed by atoms with E-state index in [-0.39, 0.29) is 12.5 Å². The highest BCUT2D eigenvalue weighted by Crippen LogP contribution is 2.23. The molecule has 0 atom stereocenters. The predicted octanol–water partition coefficient (Wildman–Crippen LogP) is 4.05. The molecular formula is C17H19IN2O2. The second kappa shape index (κ2) is 8.03. The van der Waals surface area contributed by atoms with Crippen molar-refractivity contribution in [3.05, 3.63) is 51.6 Å². The first kappa shape index (κ1) is 16.6. The standard InChI is InChI=1S/C17H19IN2O2/c1-3-22-16-7-5-4-6-15(16)20-17(21)11-19-14-9-8-13(18)10-12(14)2/h4-10,19H,3,11H2,1-2H3,(H,20,21). The molecule has 0 saturated carbocycles. The van der Waals surface area contributed by atoms with Crippen LogP contribution in [-0.2, 0) is 4.79 Å². The summed E-state index contributed by atoms with van der Waals surface area (Å²) in [6, 6.07) is 13.5. The number of ether oxygens (including phenoxy) is 1. The smallest absolute Gasteiger partial charge is 0.243 e. The van der Waals surface area contributed by atoms with E-state index in [1.54, 1.807) is 0 Å². The van der Waals surface area contributed by atoms with E-state index in [9.17, 15) is 4.79 Å². The number of hydrogen-bond donors (Lipinski definition) is 2. The summed E-state index contributed by atoms with van der Waals surface area (Å²) in [5.74, 6) is 0.578. The Morgan fingerprint density at radius 3 is 2.68 bits per heavy atom. The zero-order chi connectivity index (χ0) is 15.9. The number of aryl methyl sites for hydroxylation is 1. The molecule has 0 unspecified atom stereocenters. The normalized spacial score (nSPS) is 10.1. The largest absolute Gasteiger partial charge is 0.492 e. The molecule has 0 aliphatic heterocycles. The van der Waals surface area contributed by atoms with Gasteiger partial charge in [0.25, 0.3) is 0 Å². The number of amides is 1. The number of benzene rings is 2. The lowest BCUT2D eigenvalue weighted by atomic mass is 10.2. The summed E-state index contributed by atoms with van der Waals surface area (Å²) in [4.78, 5) is 12.1. The van der Waals surface area contributed by atoms with Gasteiger partial charge in [0, 0.05) is 9.26 Å². The Morgan fingerprint density at radius 1 is 1.18 bits per heavy atom. The zero-order valence-electron chi connectivity index (χ0n) is 12.7. The molecule has 0 saturated heterocycles. The van der Waals surface area contributed by atoms with Crippen LogP contribution in [0.3, 0.4) is 0 Å². The van der Waals surface area contributed by atoms with Crippen LogP contribution in [0.25, 0.3) is 0 Å². The molecule has 0 fully saturated rings. The topological polar surface area (TPSA) is 50.4 Å². The maximum atomic E-state index is 12.1. The fourth-order valence-corrected chi connectivity index (χ4v) is 2.69. The van der Waals surface area contributed by atoms with Crippen molar-refractivity contribution in [1.29, 1.82) is 0 Å². The van der Waals surface area contributed by atoms with E-state index in [0.717, 1.165) is 11.3 Å². The summed E-state index contributed by atoms with van der Waals surface area (Å²) >= 11 is 2.27. The highest BCUT2D eigenvalue weighted by Gasteiger charge is 2.07. The maximum absolute atomic E-state index is 12.1. The number of para-hydroxylation sites is 2. The first-order valence-corrected chi connectivity index (χ1v) is 8.19. The highest BCUT2D eigenvalue weighted by molar-refractivity contribution is 14.1. The van der Waals surface area contributed by atoms with Crippen LogP contribution in [0, 0.1) is 10.5 Å². The number of rotatable bonds is 6. The van der Waals surface area contributed by atoms with Gasteiger partial charge >= 0.3 is 0 Å². The molecule has 4 nitrogen and oxygen atoms in total. The van der Waals surface area contributed by atoms with Gasteiger partial charge in [-0.15, -0.1) is 0 Å². The number of hydrogen-bond acceptors (Lipinski definition) is 3. The SMILES string of the molecule is CCOc1ccccc1NC(=O)CNc1ccc(I)cc1C. The quantitative estimate of drug-likeness (QED) is 0.707. The number of halogens is 1. The molecule has 0 bridgehead atoms. The van der Waals surface area contributed by atoms with Crippen LogP contribution in [0.1, 0.15) is 12.5 Å². The first-order valence-electron chi connectivity index (χ1n) is 7.12. The molecule has 0 aliphatic carbocycles. The molecule has 2 rings (SSSR count). The lowest BCUT2D eigenvalue weighted by Crippen LogP contribution is -2.22. The number of carbonyl (C=O) groups excluding carboxylic acids is 1. The molecule has 116 valence electrons. The van der Waals surface area contributed by atoms with Crippen LogP contribution in [-0.4, -0.2) is 19.1 Å². The summed E-state index contributed by atoms with van der Waals surface area (Å²) in [5.41, 5.74) is 2.78. The van der Waals surface area contributed by atoms with Crippen molar-refractivity contribution in [3.8, 4) is 5.75 Å². The van der Waals surface area contributed by atoms with Gasteiger partial charge < -0.3 is 15.4 Å². The van der Waals surface area contributed by atoms with Crippen molar-refractivity contribution >= 4 is 39.9 Å². The van der Waals surface area contributed by atoms with Gasteiger partial charge in [-0.05, 0) is 72.3 Å². The fourth-order valence-electron chi connectivity index (χ4n) is 2.05. The van der Waals surface area contributed by atoms with Crippen LogP contribution >= 0.6 is 22.6 Å². The van der Waals surface area contributed by atoms with Gasteiger partial charge in [-0.3, -0.25) is 4.79 Å². The van der Waals surface area contributed by atoms with E-state index in [1.807, 2.05) is 50.2 Å². The molecular weight excluding hydrogens is 391 g/mol. The Hall–Kier alpha value is -1.76. The number of anilines is 2. The van der Waals surface area contributed by atoms with Crippen molar-refractivity contribution in [1.82, 2.24) is 0 Å². The third-order valence-corrected chi connectivity index (χ3v) is 3.76. The van der Waals surface area contributed by atoms with Crippen molar-refractivity contribution in [3.63, 3.8) is 0 Å². The summed E-state index contributed by atoms with van der Waals surface area (Å²) in [6.45, 7) is 4.71. The van der Waals surface area contributed by atoms with Gasteiger partial charge in [0.1, 0.15) is 5.75 Å². The summed E-state index contributed by atoms with van der Waals surface area (Å²) in [7, 11) is 0. The van der Waals surface area contributed by atoms with Gasteiger partial charge in [-0.1, -0.05) is 12.1 Å². The van der Waals surface area contributed by atoms with E-state index >= 15 is 0 Å². The van der Waals surface area contributed by atoms with Crippen LogP contribution < -0.4 is 15.4 Å². The average Bonchev–Trinajstić information content (AvgIpc) is 2.48. The third-order valence-electron chi connectivity index (χ3n) is 3.09. The highest BCUT2D eigenvalue weighted by atomic mass is 127. The first-order chi connectivity index (χ1) is 10.6.